The molecule has 3 aromatic rings. The first-order valence-corrected chi connectivity index (χ1v) is 14.4. The Labute approximate surface area is 230 Å². The first kappa shape index (κ1) is 26.9. The molecule has 5 rings (SSSR count). The fourth-order valence-electron chi connectivity index (χ4n) is 6.37. The van der Waals surface area contributed by atoms with Crippen molar-refractivity contribution in [1.82, 2.24) is 9.97 Å². The Morgan fingerprint density at radius 3 is 2.74 bits per heavy atom. The summed E-state index contributed by atoms with van der Waals surface area (Å²) in [4.78, 5) is 23.5. The van der Waals surface area contributed by atoms with Gasteiger partial charge in [0.05, 0.1) is 38.3 Å². The van der Waals surface area contributed by atoms with Crippen LogP contribution in [0.1, 0.15) is 49.6 Å². The Kier molecular flexibility index (Phi) is 7.38. The van der Waals surface area contributed by atoms with Crippen molar-refractivity contribution in [3.8, 4) is 11.5 Å². The molecule has 11 heteroatoms. The fourth-order valence-corrected chi connectivity index (χ4v) is 7.99. The van der Waals surface area contributed by atoms with Crippen LogP contribution in [0.5, 0.6) is 11.5 Å². The summed E-state index contributed by atoms with van der Waals surface area (Å²) in [5.74, 6) is 1.03. The van der Waals surface area contributed by atoms with Crippen LogP contribution in [0.2, 0.25) is 0 Å². The summed E-state index contributed by atoms with van der Waals surface area (Å²) in [6.45, 7) is 4.05. The summed E-state index contributed by atoms with van der Waals surface area (Å²) in [5.41, 5.74) is 0.630. The molecule has 1 fully saturated rings. The summed E-state index contributed by atoms with van der Waals surface area (Å²) in [6.07, 6.45) is 3.29. The molecule has 2 aromatic heterocycles. The van der Waals surface area contributed by atoms with Gasteiger partial charge in [-0.2, -0.15) is 0 Å². The van der Waals surface area contributed by atoms with Crippen LogP contribution in [0.15, 0.2) is 29.8 Å². The monoisotopic (exact) mass is 558 g/mol. The number of anilines is 3. The third kappa shape index (κ3) is 4.66. The number of thiazole rings is 2. The molecule has 2 aliphatic rings. The molecular formula is C27H34N4O5S2. The van der Waals surface area contributed by atoms with Crippen LogP contribution in [-0.4, -0.2) is 53.0 Å². The first-order chi connectivity index (χ1) is 18.2. The van der Waals surface area contributed by atoms with Gasteiger partial charge in [-0.15, -0.1) is 22.7 Å². The van der Waals surface area contributed by atoms with Crippen molar-refractivity contribution in [3.05, 3.63) is 40.3 Å². The molecule has 1 aromatic carbocycles. The van der Waals surface area contributed by atoms with Gasteiger partial charge in [-0.05, 0) is 42.7 Å². The second-order valence-electron chi connectivity index (χ2n) is 10.6. The van der Waals surface area contributed by atoms with Crippen molar-refractivity contribution in [2.45, 2.75) is 51.6 Å². The maximum Gasteiger partial charge on any atom is 0.226 e. The number of methoxy groups -OCH3 is 2. The molecule has 0 radical (unpaired) electrons. The third-order valence-electron chi connectivity index (χ3n) is 8.61. The standard InChI is InChI=1S/C27H34N4O5S2/c1-26-8-7-21(33)27(2,14-32)20(26)13-19-23(16(26)12-22(34)30-24-28-9-10-37-24)31-25(38-19)29-17-11-15(35-3)5-6-18(17)36-4/h5-6,9-11,16,20-21,32-33H,7-8,12-14H2,1-4H3,(H,29,31)(H,28,30,34). The Morgan fingerprint density at radius 1 is 1.24 bits per heavy atom. The highest BCUT2D eigenvalue weighted by molar-refractivity contribution is 7.15. The quantitative estimate of drug-likeness (QED) is 0.311. The molecule has 2 heterocycles. The van der Waals surface area contributed by atoms with Gasteiger partial charge in [0.2, 0.25) is 5.91 Å². The maximum absolute atomic E-state index is 13.2. The molecule has 0 aliphatic heterocycles. The van der Waals surface area contributed by atoms with Gasteiger partial charge in [0, 0.05) is 40.3 Å². The zero-order valence-electron chi connectivity index (χ0n) is 22.0. The molecule has 2 aliphatic carbocycles. The lowest BCUT2D eigenvalue weighted by Gasteiger charge is -2.58. The molecule has 0 saturated heterocycles. The molecule has 0 bridgehead atoms. The highest BCUT2D eigenvalue weighted by Crippen LogP contribution is 2.63. The SMILES string of the molecule is COc1ccc(OC)c(Nc2nc3c(s2)CC2C(C)(CO)C(O)CCC2(C)C3CC(=O)Nc2nccs2)c1. The smallest absolute Gasteiger partial charge is 0.226 e. The number of benzene rings is 1. The largest absolute Gasteiger partial charge is 0.497 e. The molecule has 5 unspecified atom stereocenters. The predicted octanol–water partition coefficient (Wildman–Crippen LogP) is 4.80. The number of nitrogens with one attached hydrogen (secondary N) is 2. The maximum atomic E-state index is 13.2. The van der Waals surface area contributed by atoms with Crippen molar-refractivity contribution in [3.63, 3.8) is 0 Å². The number of amides is 1. The van der Waals surface area contributed by atoms with E-state index < -0.39 is 11.5 Å². The average Bonchev–Trinajstić information content (AvgIpc) is 3.57. The van der Waals surface area contributed by atoms with Crippen LogP contribution in [0.4, 0.5) is 16.0 Å². The van der Waals surface area contributed by atoms with Gasteiger partial charge in [-0.1, -0.05) is 13.8 Å². The lowest BCUT2D eigenvalue weighted by Crippen LogP contribution is -2.57. The van der Waals surface area contributed by atoms with Crippen LogP contribution >= 0.6 is 22.7 Å². The van der Waals surface area contributed by atoms with Gasteiger partial charge < -0.3 is 30.3 Å². The van der Waals surface area contributed by atoms with Crippen LogP contribution in [0, 0.1) is 16.7 Å². The van der Waals surface area contributed by atoms with E-state index in [1.165, 1.54) is 11.3 Å². The molecule has 204 valence electrons. The first-order valence-electron chi connectivity index (χ1n) is 12.7. The number of fused-ring (bicyclic) bond motifs is 2. The van der Waals surface area contributed by atoms with Crippen LogP contribution in [0.25, 0.3) is 0 Å². The summed E-state index contributed by atoms with van der Waals surface area (Å²) in [7, 11) is 3.23. The van der Waals surface area contributed by atoms with Crippen molar-refractivity contribution in [1.29, 1.82) is 0 Å². The van der Waals surface area contributed by atoms with E-state index in [4.69, 9.17) is 14.5 Å². The van der Waals surface area contributed by atoms with E-state index in [1.54, 1.807) is 31.8 Å². The van der Waals surface area contributed by atoms with E-state index >= 15 is 0 Å². The molecule has 0 spiro atoms. The van der Waals surface area contributed by atoms with Crippen molar-refractivity contribution >= 4 is 44.5 Å². The molecule has 4 N–H and O–H groups in total. The number of hydrogen-bond donors (Lipinski definition) is 4. The molecular weight excluding hydrogens is 524 g/mol. The molecule has 9 nitrogen and oxygen atoms in total. The van der Waals surface area contributed by atoms with Crippen molar-refractivity contribution in [2.24, 2.45) is 16.7 Å². The lowest BCUT2D eigenvalue weighted by atomic mass is 9.47. The van der Waals surface area contributed by atoms with Crippen molar-refractivity contribution in [2.75, 3.05) is 31.5 Å². The zero-order chi connectivity index (χ0) is 27.1. The summed E-state index contributed by atoms with van der Waals surface area (Å²) < 4.78 is 10.9. The minimum absolute atomic E-state index is 0.0198. The number of carbonyl (C=O) groups is 1. The minimum atomic E-state index is -0.678. The number of aliphatic hydroxyl groups is 2. The number of aliphatic hydroxyl groups excluding tert-OH is 2. The molecule has 1 saturated carbocycles. The van der Waals surface area contributed by atoms with E-state index in [1.807, 2.05) is 30.5 Å². The van der Waals surface area contributed by atoms with Gasteiger partial charge in [-0.3, -0.25) is 4.79 Å². The second kappa shape index (κ2) is 10.4. The fraction of sp³-hybridized carbons (Fsp3) is 0.519. The Balaban J connectivity index is 1.53. The van der Waals surface area contributed by atoms with E-state index in [9.17, 15) is 15.0 Å². The second-order valence-corrected chi connectivity index (χ2v) is 12.6. The van der Waals surface area contributed by atoms with Gasteiger partial charge in [0.1, 0.15) is 11.5 Å². The predicted molar refractivity (Wildman–Crippen MR) is 149 cm³/mol. The minimum Gasteiger partial charge on any atom is -0.497 e. The number of rotatable bonds is 8. The summed E-state index contributed by atoms with van der Waals surface area (Å²) in [5, 5.41) is 30.9. The molecule has 1 amide bonds. The Hall–Kier alpha value is -2.73. The normalized spacial score (nSPS) is 28.2. The van der Waals surface area contributed by atoms with E-state index in [0.717, 1.165) is 22.7 Å². The molecule has 5 atom stereocenters. The van der Waals surface area contributed by atoms with Gasteiger partial charge in [0.25, 0.3) is 0 Å². The lowest BCUT2D eigenvalue weighted by molar-refractivity contribution is -0.143. The Morgan fingerprint density at radius 2 is 2.05 bits per heavy atom. The zero-order valence-corrected chi connectivity index (χ0v) is 23.6. The van der Waals surface area contributed by atoms with E-state index in [2.05, 4.69) is 22.5 Å². The number of aromatic nitrogens is 2. The van der Waals surface area contributed by atoms with Gasteiger partial charge in [0.15, 0.2) is 10.3 Å². The van der Waals surface area contributed by atoms with E-state index in [-0.39, 0.29) is 36.2 Å². The highest BCUT2D eigenvalue weighted by Gasteiger charge is 2.59. The highest BCUT2D eigenvalue weighted by atomic mass is 32.1. The van der Waals surface area contributed by atoms with Crippen LogP contribution < -0.4 is 20.1 Å². The Bertz CT molecular complexity index is 1300. The van der Waals surface area contributed by atoms with Crippen molar-refractivity contribution < 1.29 is 24.5 Å². The van der Waals surface area contributed by atoms with Crippen LogP contribution in [0.3, 0.4) is 0 Å². The number of hydrogen-bond acceptors (Lipinski definition) is 10. The van der Waals surface area contributed by atoms with E-state index in [0.29, 0.717) is 34.6 Å². The third-order valence-corrected chi connectivity index (χ3v) is 10.3. The topological polar surface area (TPSA) is 126 Å². The van der Waals surface area contributed by atoms with Crippen LogP contribution in [-0.2, 0) is 11.2 Å². The number of nitrogens with zero attached hydrogens (tertiary/aromatic N) is 2. The summed E-state index contributed by atoms with van der Waals surface area (Å²) in [6, 6.07) is 5.53. The summed E-state index contributed by atoms with van der Waals surface area (Å²) >= 11 is 2.92. The number of ether oxygens (including phenoxy) is 2. The number of carbonyl (C=O) groups excluding carboxylic acids is 1. The van der Waals surface area contributed by atoms with Gasteiger partial charge in [-0.25, -0.2) is 9.97 Å². The molecule has 38 heavy (non-hydrogen) atoms. The van der Waals surface area contributed by atoms with Gasteiger partial charge >= 0.3 is 0 Å². The average molecular weight is 559 g/mol.